The van der Waals surface area contributed by atoms with Gasteiger partial charge in [-0.25, -0.2) is 0 Å². The minimum Gasteiger partial charge on any atom is -0.385 e. The summed E-state index contributed by atoms with van der Waals surface area (Å²) in [6.45, 7) is 5.68. The molecule has 1 rings (SSSR count). The Labute approximate surface area is 122 Å². The first-order valence-corrected chi connectivity index (χ1v) is 7.05. The van der Waals surface area contributed by atoms with Crippen molar-refractivity contribution in [2.75, 3.05) is 25.6 Å². The fraction of sp³-hybridized carbons (Fsp3) is 0.462. The van der Waals surface area contributed by atoms with Gasteiger partial charge < -0.3 is 15.4 Å². The highest BCUT2D eigenvalue weighted by atomic mass is 79.9. The third-order valence-electron chi connectivity index (χ3n) is 2.48. The van der Waals surface area contributed by atoms with E-state index in [1.54, 1.807) is 7.11 Å². The molecule has 3 nitrogen and oxygen atoms in total. The van der Waals surface area contributed by atoms with Gasteiger partial charge in [-0.05, 0) is 65.6 Å². The second kappa shape index (κ2) is 7.71. The summed E-state index contributed by atoms with van der Waals surface area (Å²) in [7, 11) is 1.70. The lowest BCUT2D eigenvalue weighted by Gasteiger charge is -2.14. The minimum absolute atomic E-state index is 0.638. The van der Waals surface area contributed by atoms with Crippen molar-refractivity contribution in [3.63, 3.8) is 0 Å². The Bertz CT molecular complexity index is 400. The van der Waals surface area contributed by atoms with Gasteiger partial charge in [0.2, 0.25) is 0 Å². The van der Waals surface area contributed by atoms with E-state index < -0.39 is 0 Å². The van der Waals surface area contributed by atoms with Gasteiger partial charge in [-0.1, -0.05) is 6.07 Å². The van der Waals surface area contributed by atoms with Gasteiger partial charge in [-0.2, -0.15) is 0 Å². The lowest BCUT2D eigenvalue weighted by molar-refractivity contribution is 0.196. The summed E-state index contributed by atoms with van der Waals surface area (Å²) in [4.78, 5) is 0. The van der Waals surface area contributed by atoms with E-state index in [0.29, 0.717) is 5.11 Å². The highest BCUT2D eigenvalue weighted by molar-refractivity contribution is 9.10. The van der Waals surface area contributed by atoms with Gasteiger partial charge in [-0.15, -0.1) is 0 Å². The maximum Gasteiger partial charge on any atom is 0.170 e. The zero-order valence-electron chi connectivity index (χ0n) is 11.0. The average Bonchev–Trinajstić information content (AvgIpc) is 2.29. The van der Waals surface area contributed by atoms with Crippen molar-refractivity contribution in [1.29, 1.82) is 0 Å². The van der Waals surface area contributed by atoms with E-state index in [9.17, 15) is 0 Å². The number of anilines is 1. The predicted molar refractivity (Wildman–Crippen MR) is 84.3 cm³/mol. The first-order valence-electron chi connectivity index (χ1n) is 5.85. The molecule has 1 aromatic carbocycles. The second-order valence-corrected chi connectivity index (χ2v) is 5.43. The van der Waals surface area contributed by atoms with Crippen molar-refractivity contribution in [3.8, 4) is 0 Å². The van der Waals surface area contributed by atoms with Crippen LogP contribution >= 0.6 is 28.1 Å². The first kappa shape index (κ1) is 15.4. The molecule has 0 bridgehead atoms. The van der Waals surface area contributed by atoms with Crippen LogP contribution in [0.3, 0.4) is 0 Å². The van der Waals surface area contributed by atoms with E-state index in [2.05, 4.69) is 52.5 Å². The number of rotatable bonds is 5. The fourth-order valence-electron chi connectivity index (χ4n) is 1.65. The van der Waals surface area contributed by atoms with Gasteiger partial charge in [-0.3, -0.25) is 0 Å². The van der Waals surface area contributed by atoms with Crippen LogP contribution in [0.5, 0.6) is 0 Å². The largest absolute Gasteiger partial charge is 0.385 e. The SMILES string of the molecule is COCCCNC(=S)Nc1c(C)cc(C)cc1Br. The molecule has 0 radical (unpaired) electrons. The molecular formula is C13H19BrN2OS. The molecule has 0 fully saturated rings. The smallest absolute Gasteiger partial charge is 0.170 e. The molecule has 0 aromatic heterocycles. The number of ether oxygens (including phenoxy) is 1. The number of nitrogens with one attached hydrogen (secondary N) is 2. The molecule has 0 heterocycles. The average molecular weight is 331 g/mol. The van der Waals surface area contributed by atoms with Crippen LogP contribution in [0.4, 0.5) is 5.69 Å². The topological polar surface area (TPSA) is 33.3 Å². The molecule has 0 unspecified atom stereocenters. The Morgan fingerprint density at radius 1 is 1.39 bits per heavy atom. The Balaban J connectivity index is 2.54. The molecule has 0 saturated carbocycles. The Hall–Kier alpha value is -0.650. The van der Waals surface area contributed by atoms with E-state index in [0.717, 1.165) is 29.7 Å². The zero-order valence-corrected chi connectivity index (χ0v) is 13.4. The number of hydrogen-bond acceptors (Lipinski definition) is 2. The van der Waals surface area contributed by atoms with E-state index in [1.807, 2.05) is 0 Å². The number of thiocarbonyl (C=S) groups is 1. The Kier molecular flexibility index (Phi) is 6.60. The maximum absolute atomic E-state index is 5.25. The highest BCUT2D eigenvalue weighted by Gasteiger charge is 2.06. The lowest BCUT2D eigenvalue weighted by atomic mass is 10.1. The number of benzene rings is 1. The third kappa shape index (κ3) is 4.92. The summed E-state index contributed by atoms with van der Waals surface area (Å²) in [5.41, 5.74) is 3.41. The van der Waals surface area contributed by atoms with Crippen LogP contribution in [-0.2, 0) is 4.74 Å². The van der Waals surface area contributed by atoms with E-state index in [1.165, 1.54) is 11.1 Å². The van der Waals surface area contributed by atoms with Gasteiger partial charge in [0.1, 0.15) is 0 Å². The number of aryl methyl sites for hydroxylation is 2. The second-order valence-electron chi connectivity index (χ2n) is 4.17. The molecule has 2 N–H and O–H groups in total. The monoisotopic (exact) mass is 330 g/mol. The number of methoxy groups -OCH3 is 1. The van der Waals surface area contributed by atoms with E-state index in [4.69, 9.17) is 17.0 Å². The molecular weight excluding hydrogens is 312 g/mol. The zero-order chi connectivity index (χ0) is 13.5. The van der Waals surface area contributed by atoms with Gasteiger partial charge in [0.05, 0.1) is 5.69 Å². The van der Waals surface area contributed by atoms with Crippen LogP contribution in [0, 0.1) is 13.8 Å². The number of halogens is 1. The third-order valence-corrected chi connectivity index (χ3v) is 3.35. The quantitative estimate of drug-likeness (QED) is 0.640. The summed E-state index contributed by atoms with van der Waals surface area (Å²) < 4.78 is 6.01. The summed E-state index contributed by atoms with van der Waals surface area (Å²) in [6, 6.07) is 4.20. The first-order chi connectivity index (χ1) is 8.54. The van der Waals surface area contributed by atoms with Crippen molar-refractivity contribution in [2.24, 2.45) is 0 Å². The number of hydrogen-bond donors (Lipinski definition) is 2. The molecule has 0 atom stereocenters. The van der Waals surface area contributed by atoms with Crippen LogP contribution in [-0.4, -0.2) is 25.4 Å². The van der Waals surface area contributed by atoms with Crippen LogP contribution < -0.4 is 10.6 Å². The van der Waals surface area contributed by atoms with E-state index >= 15 is 0 Å². The molecule has 0 amide bonds. The normalized spacial score (nSPS) is 10.2. The molecule has 0 aliphatic carbocycles. The highest BCUT2D eigenvalue weighted by Crippen LogP contribution is 2.27. The standard InChI is InChI=1S/C13H19BrN2OS/c1-9-7-10(2)12(11(14)8-9)16-13(18)15-5-4-6-17-3/h7-8H,4-6H2,1-3H3,(H2,15,16,18). The van der Waals surface area contributed by atoms with Crippen molar-refractivity contribution in [1.82, 2.24) is 5.32 Å². The maximum atomic E-state index is 5.25. The van der Waals surface area contributed by atoms with Crippen LogP contribution in [0.2, 0.25) is 0 Å². The van der Waals surface area contributed by atoms with Crippen molar-refractivity contribution < 1.29 is 4.74 Å². The van der Waals surface area contributed by atoms with Crippen LogP contribution in [0.25, 0.3) is 0 Å². The fourth-order valence-corrected chi connectivity index (χ4v) is 2.63. The molecule has 5 heteroatoms. The predicted octanol–water partition coefficient (Wildman–Crippen LogP) is 3.39. The Morgan fingerprint density at radius 3 is 2.72 bits per heavy atom. The molecule has 0 saturated heterocycles. The van der Waals surface area contributed by atoms with Gasteiger partial charge in [0.25, 0.3) is 0 Å². The minimum atomic E-state index is 0.638. The molecule has 0 spiro atoms. The summed E-state index contributed by atoms with van der Waals surface area (Å²) in [6.07, 6.45) is 0.937. The molecule has 100 valence electrons. The molecule has 1 aromatic rings. The van der Waals surface area contributed by atoms with Crippen LogP contribution in [0.15, 0.2) is 16.6 Å². The lowest BCUT2D eigenvalue weighted by Crippen LogP contribution is -2.30. The summed E-state index contributed by atoms with van der Waals surface area (Å²) >= 11 is 8.80. The summed E-state index contributed by atoms with van der Waals surface area (Å²) in [5, 5.41) is 7.01. The van der Waals surface area contributed by atoms with Gasteiger partial charge in [0.15, 0.2) is 5.11 Å². The molecule has 0 aliphatic rings. The van der Waals surface area contributed by atoms with Crippen molar-refractivity contribution >= 4 is 38.9 Å². The Morgan fingerprint density at radius 2 is 2.11 bits per heavy atom. The molecule has 0 aliphatic heterocycles. The van der Waals surface area contributed by atoms with Crippen molar-refractivity contribution in [2.45, 2.75) is 20.3 Å². The van der Waals surface area contributed by atoms with Gasteiger partial charge in [0, 0.05) is 24.7 Å². The molecule has 18 heavy (non-hydrogen) atoms. The summed E-state index contributed by atoms with van der Waals surface area (Å²) in [5.74, 6) is 0. The van der Waals surface area contributed by atoms with Gasteiger partial charge >= 0.3 is 0 Å². The van der Waals surface area contributed by atoms with E-state index in [-0.39, 0.29) is 0 Å². The van der Waals surface area contributed by atoms with Crippen molar-refractivity contribution in [3.05, 3.63) is 27.7 Å². The van der Waals surface area contributed by atoms with Crippen LogP contribution in [0.1, 0.15) is 17.5 Å².